The molecule has 0 saturated heterocycles. The molecule has 0 radical (unpaired) electrons. The standard InChI is InChI=1S/C16H22O2/c1-13-6-5-7-14(10-13)11-15-8-3-4-9-16(15)18-12-17-2/h3-4,8-9,11,13H,5-7,10,12H2,1-2H3. The van der Waals surface area contributed by atoms with Gasteiger partial charge in [-0.05, 0) is 31.2 Å². The summed E-state index contributed by atoms with van der Waals surface area (Å²) in [6.45, 7) is 2.64. The summed E-state index contributed by atoms with van der Waals surface area (Å²) in [5.41, 5.74) is 2.71. The highest BCUT2D eigenvalue weighted by Crippen LogP contribution is 2.31. The number of ether oxygens (including phenoxy) is 2. The van der Waals surface area contributed by atoms with Crippen molar-refractivity contribution in [1.82, 2.24) is 0 Å². The van der Waals surface area contributed by atoms with Crippen molar-refractivity contribution < 1.29 is 9.47 Å². The van der Waals surface area contributed by atoms with Gasteiger partial charge in [-0.1, -0.05) is 43.2 Å². The Labute approximate surface area is 110 Å². The Morgan fingerprint density at radius 2 is 2.17 bits per heavy atom. The topological polar surface area (TPSA) is 18.5 Å². The van der Waals surface area contributed by atoms with Crippen LogP contribution in [0.1, 0.15) is 38.2 Å². The highest BCUT2D eigenvalue weighted by molar-refractivity contribution is 5.59. The first kappa shape index (κ1) is 13.2. The van der Waals surface area contributed by atoms with Crippen LogP contribution in [-0.4, -0.2) is 13.9 Å². The van der Waals surface area contributed by atoms with Crippen molar-refractivity contribution in [1.29, 1.82) is 0 Å². The lowest BCUT2D eigenvalue weighted by Crippen LogP contribution is -2.04. The fraction of sp³-hybridized carbons (Fsp3) is 0.500. The molecule has 1 aliphatic rings. The van der Waals surface area contributed by atoms with E-state index >= 15 is 0 Å². The largest absolute Gasteiger partial charge is 0.467 e. The lowest BCUT2D eigenvalue weighted by molar-refractivity contribution is 0.0509. The Hall–Kier alpha value is -1.28. The fourth-order valence-corrected chi connectivity index (χ4v) is 2.53. The van der Waals surface area contributed by atoms with E-state index in [2.05, 4.69) is 25.1 Å². The molecule has 0 aliphatic heterocycles. The average molecular weight is 246 g/mol. The molecular formula is C16H22O2. The Morgan fingerprint density at radius 1 is 1.33 bits per heavy atom. The van der Waals surface area contributed by atoms with E-state index in [0.717, 1.165) is 11.7 Å². The molecule has 2 rings (SSSR count). The second-order valence-electron chi connectivity index (χ2n) is 5.09. The summed E-state index contributed by atoms with van der Waals surface area (Å²) >= 11 is 0. The summed E-state index contributed by atoms with van der Waals surface area (Å²) in [6.07, 6.45) is 7.41. The maximum Gasteiger partial charge on any atom is 0.188 e. The van der Waals surface area contributed by atoms with Crippen LogP contribution in [0.3, 0.4) is 0 Å². The molecule has 2 heteroatoms. The van der Waals surface area contributed by atoms with E-state index < -0.39 is 0 Å². The van der Waals surface area contributed by atoms with Crippen molar-refractivity contribution in [3.05, 3.63) is 35.4 Å². The van der Waals surface area contributed by atoms with Gasteiger partial charge in [-0.25, -0.2) is 0 Å². The molecule has 1 unspecified atom stereocenters. The van der Waals surface area contributed by atoms with Gasteiger partial charge in [0.2, 0.25) is 0 Å². The van der Waals surface area contributed by atoms with Crippen LogP contribution in [0.4, 0.5) is 0 Å². The molecular weight excluding hydrogens is 224 g/mol. The molecule has 0 amide bonds. The van der Waals surface area contributed by atoms with E-state index in [4.69, 9.17) is 9.47 Å². The maximum absolute atomic E-state index is 5.59. The smallest absolute Gasteiger partial charge is 0.188 e. The van der Waals surface area contributed by atoms with Gasteiger partial charge in [0.15, 0.2) is 6.79 Å². The molecule has 1 aromatic carbocycles. The number of methoxy groups -OCH3 is 1. The molecule has 1 atom stereocenters. The lowest BCUT2D eigenvalue weighted by atomic mass is 9.86. The summed E-state index contributed by atoms with van der Waals surface area (Å²) < 4.78 is 10.6. The van der Waals surface area contributed by atoms with Gasteiger partial charge in [-0.3, -0.25) is 0 Å². The summed E-state index contributed by atoms with van der Waals surface area (Å²) in [6, 6.07) is 8.16. The molecule has 0 heterocycles. The highest BCUT2D eigenvalue weighted by Gasteiger charge is 2.13. The van der Waals surface area contributed by atoms with Crippen LogP contribution < -0.4 is 4.74 Å². The van der Waals surface area contributed by atoms with Crippen molar-refractivity contribution in [3.8, 4) is 5.75 Å². The third-order valence-electron chi connectivity index (χ3n) is 3.42. The first-order valence-corrected chi connectivity index (χ1v) is 6.70. The Bertz CT molecular complexity index is 409. The van der Waals surface area contributed by atoms with Crippen molar-refractivity contribution in [2.24, 2.45) is 5.92 Å². The maximum atomic E-state index is 5.59. The summed E-state index contributed by atoms with van der Waals surface area (Å²) in [5.74, 6) is 1.72. The molecule has 0 aromatic heterocycles. The molecule has 0 bridgehead atoms. The molecule has 0 N–H and O–H groups in total. The van der Waals surface area contributed by atoms with Crippen LogP contribution in [0.15, 0.2) is 29.8 Å². The van der Waals surface area contributed by atoms with Gasteiger partial charge in [0.25, 0.3) is 0 Å². The van der Waals surface area contributed by atoms with Crippen molar-refractivity contribution in [3.63, 3.8) is 0 Å². The van der Waals surface area contributed by atoms with E-state index in [1.54, 1.807) is 12.7 Å². The van der Waals surface area contributed by atoms with E-state index in [0.29, 0.717) is 6.79 Å². The van der Waals surface area contributed by atoms with E-state index in [1.807, 2.05) is 12.1 Å². The zero-order valence-corrected chi connectivity index (χ0v) is 11.3. The van der Waals surface area contributed by atoms with E-state index in [1.165, 1.54) is 31.2 Å². The Balaban J connectivity index is 2.14. The third-order valence-corrected chi connectivity index (χ3v) is 3.42. The second kappa shape index (κ2) is 6.60. The van der Waals surface area contributed by atoms with Gasteiger partial charge in [0.1, 0.15) is 5.75 Å². The summed E-state index contributed by atoms with van der Waals surface area (Å²) in [7, 11) is 1.64. The molecule has 1 aromatic rings. The highest BCUT2D eigenvalue weighted by atomic mass is 16.7. The number of benzene rings is 1. The van der Waals surface area contributed by atoms with Crippen LogP contribution >= 0.6 is 0 Å². The average Bonchev–Trinajstić information content (AvgIpc) is 2.38. The van der Waals surface area contributed by atoms with Gasteiger partial charge in [-0.2, -0.15) is 0 Å². The van der Waals surface area contributed by atoms with Crippen molar-refractivity contribution in [2.75, 3.05) is 13.9 Å². The molecule has 1 fully saturated rings. The number of hydrogen-bond donors (Lipinski definition) is 0. The molecule has 0 spiro atoms. The van der Waals surface area contributed by atoms with Crippen LogP contribution in [0.2, 0.25) is 0 Å². The predicted molar refractivity (Wildman–Crippen MR) is 74.6 cm³/mol. The summed E-state index contributed by atoms with van der Waals surface area (Å²) in [4.78, 5) is 0. The van der Waals surface area contributed by atoms with Crippen molar-refractivity contribution >= 4 is 6.08 Å². The molecule has 18 heavy (non-hydrogen) atoms. The van der Waals surface area contributed by atoms with Gasteiger partial charge in [0, 0.05) is 12.7 Å². The van der Waals surface area contributed by atoms with Crippen LogP contribution in [0, 0.1) is 5.92 Å². The number of allylic oxidation sites excluding steroid dienone is 1. The first-order valence-electron chi connectivity index (χ1n) is 6.70. The third kappa shape index (κ3) is 3.61. The van der Waals surface area contributed by atoms with E-state index in [-0.39, 0.29) is 0 Å². The Morgan fingerprint density at radius 3 is 2.94 bits per heavy atom. The number of para-hydroxylation sites is 1. The molecule has 2 nitrogen and oxygen atoms in total. The van der Waals surface area contributed by atoms with Gasteiger partial charge in [0.05, 0.1) is 0 Å². The quantitative estimate of drug-likeness (QED) is 0.739. The van der Waals surface area contributed by atoms with Crippen molar-refractivity contribution in [2.45, 2.75) is 32.6 Å². The number of rotatable bonds is 4. The SMILES string of the molecule is COCOc1ccccc1C=C1CCCC(C)C1. The zero-order valence-electron chi connectivity index (χ0n) is 11.3. The van der Waals surface area contributed by atoms with Crippen LogP contribution in [0.25, 0.3) is 6.08 Å². The minimum Gasteiger partial charge on any atom is -0.467 e. The van der Waals surface area contributed by atoms with Gasteiger partial charge < -0.3 is 9.47 Å². The van der Waals surface area contributed by atoms with Gasteiger partial charge >= 0.3 is 0 Å². The normalized spacial score (nSPS) is 22.1. The van der Waals surface area contributed by atoms with Crippen LogP contribution in [-0.2, 0) is 4.74 Å². The minimum absolute atomic E-state index is 0.302. The fourth-order valence-electron chi connectivity index (χ4n) is 2.53. The second-order valence-corrected chi connectivity index (χ2v) is 5.09. The minimum atomic E-state index is 0.302. The van der Waals surface area contributed by atoms with Gasteiger partial charge in [-0.15, -0.1) is 0 Å². The monoisotopic (exact) mass is 246 g/mol. The predicted octanol–water partition coefficient (Wildman–Crippen LogP) is 4.26. The first-order chi connectivity index (χ1) is 8.79. The zero-order chi connectivity index (χ0) is 12.8. The lowest BCUT2D eigenvalue weighted by Gasteiger charge is -2.20. The Kier molecular flexibility index (Phi) is 4.82. The molecule has 98 valence electrons. The van der Waals surface area contributed by atoms with E-state index in [9.17, 15) is 0 Å². The van der Waals surface area contributed by atoms with Crippen LogP contribution in [0.5, 0.6) is 5.75 Å². The number of hydrogen-bond acceptors (Lipinski definition) is 2. The summed E-state index contributed by atoms with van der Waals surface area (Å²) in [5, 5.41) is 0. The molecule has 1 aliphatic carbocycles. The molecule has 1 saturated carbocycles.